The molecule has 1 aliphatic rings. The van der Waals surface area contributed by atoms with E-state index in [9.17, 15) is 4.79 Å². The summed E-state index contributed by atoms with van der Waals surface area (Å²) in [5.74, 6) is 0.267. The van der Waals surface area contributed by atoms with E-state index in [1.807, 2.05) is 36.7 Å². The van der Waals surface area contributed by atoms with Crippen molar-refractivity contribution in [3.8, 4) is 0 Å². The summed E-state index contributed by atoms with van der Waals surface area (Å²) in [5.41, 5.74) is 2.13. The fourth-order valence-electron chi connectivity index (χ4n) is 3.73. The van der Waals surface area contributed by atoms with Crippen LogP contribution in [0.25, 0.3) is 11.0 Å². The van der Waals surface area contributed by atoms with Gasteiger partial charge in [0, 0.05) is 50.8 Å². The molecule has 6 nitrogen and oxygen atoms in total. The van der Waals surface area contributed by atoms with E-state index >= 15 is 0 Å². The highest BCUT2D eigenvalue weighted by molar-refractivity contribution is 7.71. The second-order valence-corrected chi connectivity index (χ2v) is 8.08. The van der Waals surface area contributed by atoms with E-state index in [1.54, 1.807) is 0 Å². The predicted molar refractivity (Wildman–Crippen MR) is 115 cm³/mol. The van der Waals surface area contributed by atoms with Crippen molar-refractivity contribution < 1.29 is 9.53 Å². The van der Waals surface area contributed by atoms with Crippen molar-refractivity contribution in [2.75, 3.05) is 32.8 Å². The summed E-state index contributed by atoms with van der Waals surface area (Å²) < 4.78 is 10.2. The first kappa shape index (κ1) is 21.3. The first-order valence-electron chi connectivity index (χ1n) is 9.93. The molecule has 0 saturated carbocycles. The van der Waals surface area contributed by atoms with Crippen molar-refractivity contribution in [3.63, 3.8) is 0 Å². The number of halogens is 1. The molecule has 0 unspecified atom stereocenters. The number of ether oxygens (including phenoxy) is 1. The number of likely N-dealkylation sites (tertiary alicyclic amines) is 1. The van der Waals surface area contributed by atoms with E-state index in [1.165, 1.54) is 0 Å². The van der Waals surface area contributed by atoms with Crippen LogP contribution in [0, 0.1) is 10.7 Å². The number of piperidine rings is 1. The first-order valence-corrected chi connectivity index (χ1v) is 10.7. The van der Waals surface area contributed by atoms with E-state index in [0.717, 1.165) is 61.4 Å². The quantitative estimate of drug-likeness (QED) is 0.520. The maximum Gasteiger partial charge on any atom is 0.223 e. The monoisotopic (exact) mass is 424 g/mol. The number of aryl methyl sites for hydroxylation is 1. The minimum absolute atomic E-state index is 0.0956. The predicted octanol–water partition coefficient (Wildman–Crippen LogP) is 3.57. The molecule has 1 amide bonds. The third-order valence-electron chi connectivity index (χ3n) is 5.38. The summed E-state index contributed by atoms with van der Waals surface area (Å²) in [5, 5.41) is 3.75. The van der Waals surface area contributed by atoms with Crippen LogP contribution < -0.4 is 5.32 Å². The lowest BCUT2D eigenvalue weighted by Gasteiger charge is -2.31. The highest BCUT2D eigenvalue weighted by atomic mass is 35.5. The van der Waals surface area contributed by atoms with Gasteiger partial charge in [0.15, 0.2) is 4.77 Å². The summed E-state index contributed by atoms with van der Waals surface area (Å²) in [7, 11) is 1.98. The molecular weight excluding hydrogens is 396 g/mol. The Morgan fingerprint density at radius 2 is 2.07 bits per heavy atom. The van der Waals surface area contributed by atoms with Crippen molar-refractivity contribution in [2.45, 2.75) is 32.9 Å². The molecule has 1 saturated heterocycles. The van der Waals surface area contributed by atoms with Crippen molar-refractivity contribution in [3.05, 3.63) is 28.0 Å². The molecule has 8 heteroatoms. The van der Waals surface area contributed by atoms with Crippen molar-refractivity contribution >= 4 is 40.8 Å². The maximum absolute atomic E-state index is 12.4. The first-order chi connectivity index (χ1) is 13.5. The van der Waals surface area contributed by atoms with Gasteiger partial charge in [-0.25, -0.2) is 0 Å². The van der Waals surface area contributed by atoms with E-state index < -0.39 is 0 Å². The van der Waals surface area contributed by atoms with Gasteiger partial charge in [-0.15, -0.1) is 0 Å². The SMILES string of the molecule is CCOCCCNC(=O)C1CCN(Cn2c(=S)n(C)c3ccc(Cl)cc32)CC1. The Labute approximate surface area is 176 Å². The Balaban J connectivity index is 1.54. The number of hydrogen-bond acceptors (Lipinski definition) is 4. The average molecular weight is 425 g/mol. The molecule has 154 valence electrons. The average Bonchev–Trinajstić information content (AvgIpc) is 2.92. The van der Waals surface area contributed by atoms with Crippen LogP contribution in [0.2, 0.25) is 5.02 Å². The number of carbonyl (C=O) groups is 1. The molecule has 1 aliphatic heterocycles. The van der Waals surface area contributed by atoms with E-state index in [2.05, 4.69) is 14.8 Å². The number of rotatable bonds is 8. The molecule has 28 heavy (non-hydrogen) atoms. The van der Waals surface area contributed by atoms with Crippen LogP contribution in [0.1, 0.15) is 26.2 Å². The lowest BCUT2D eigenvalue weighted by Crippen LogP contribution is -2.41. The number of aromatic nitrogens is 2. The second-order valence-electron chi connectivity index (χ2n) is 7.28. The van der Waals surface area contributed by atoms with Crippen LogP contribution in [0.3, 0.4) is 0 Å². The van der Waals surface area contributed by atoms with Gasteiger partial charge in [-0.05, 0) is 56.6 Å². The van der Waals surface area contributed by atoms with Crippen molar-refractivity contribution in [1.82, 2.24) is 19.4 Å². The summed E-state index contributed by atoms with van der Waals surface area (Å²) in [6.45, 7) is 6.58. The summed E-state index contributed by atoms with van der Waals surface area (Å²) >= 11 is 11.8. The number of hydrogen-bond donors (Lipinski definition) is 1. The molecule has 1 aromatic heterocycles. The van der Waals surface area contributed by atoms with Gasteiger partial charge in [0.05, 0.1) is 17.7 Å². The number of fused-ring (bicyclic) bond motifs is 1. The normalized spacial score (nSPS) is 16.0. The molecule has 1 N–H and O–H groups in total. The standard InChI is InChI=1S/C20H29ClN4O2S/c1-3-27-12-4-9-22-19(26)15-7-10-24(11-8-15)14-25-18-13-16(21)5-6-17(18)23(2)20(25)28/h5-6,13,15H,3-4,7-12,14H2,1-2H3,(H,22,26). The topological polar surface area (TPSA) is 51.4 Å². The third-order valence-corrected chi connectivity index (χ3v) is 6.11. The van der Waals surface area contributed by atoms with Gasteiger partial charge in [0.1, 0.15) is 0 Å². The zero-order chi connectivity index (χ0) is 20.1. The number of nitrogens with zero attached hydrogens (tertiary/aromatic N) is 3. The van der Waals surface area contributed by atoms with Crippen LogP contribution in [0.15, 0.2) is 18.2 Å². The van der Waals surface area contributed by atoms with Crippen LogP contribution in [0.4, 0.5) is 0 Å². The number of carbonyl (C=O) groups excluding carboxylic acids is 1. The van der Waals surface area contributed by atoms with Gasteiger partial charge in [0.25, 0.3) is 0 Å². The van der Waals surface area contributed by atoms with E-state index in [0.29, 0.717) is 18.2 Å². The van der Waals surface area contributed by atoms with Crippen LogP contribution in [0.5, 0.6) is 0 Å². The van der Waals surface area contributed by atoms with E-state index in [-0.39, 0.29) is 11.8 Å². The van der Waals surface area contributed by atoms with Crippen molar-refractivity contribution in [2.24, 2.45) is 13.0 Å². The molecule has 0 bridgehead atoms. The Morgan fingerprint density at radius 3 is 2.79 bits per heavy atom. The van der Waals surface area contributed by atoms with Gasteiger partial charge < -0.3 is 19.2 Å². The molecule has 0 aliphatic carbocycles. The Morgan fingerprint density at radius 1 is 1.32 bits per heavy atom. The number of nitrogens with one attached hydrogen (secondary N) is 1. The minimum atomic E-state index is 0.0956. The van der Waals surface area contributed by atoms with Gasteiger partial charge in [-0.1, -0.05) is 11.6 Å². The summed E-state index contributed by atoms with van der Waals surface area (Å²) in [4.78, 5) is 14.7. The second kappa shape index (κ2) is 9.87. The molecular formula is C20H29ClN4O2S. The highest BCUT2D eigenvalue weighted by Crippen LogP contribution is 2.23. The third kappa shape index (κ3) is 4.95. The number of amides is 1. The molecule has 2 heterocycles. The smallest absolute Gasteiger partial charge is 0.223 e. The summed E-state index contributed by atoms with van der Waals surface area (Å²) in [6, 6.07) is 5.86. The Kier molecular flexibility index (Phi) is 7.51. The van der Waals surface area contributed by atoms with Gasteiger partial charge >= 0.3 is 0 Å². The molecule has 0 spiro atoms. The molecule has 2 aromatic rings. The van der Waals surface area contributed by atoms with Crippen molar-refractivity contribution in [1.29, 1.82) is 0 Å². The van der Waals surface area contributed by atoms with E-state index in [4.69, 9.17) is 28.6 Å². The van der Waals surface area contributed by atoms with Gasteiger partial charge in [0.2, 0.25) is 5.91 Å². The van der Waals surface area contributed by atoms with Crippen LogP contribution >= 0.6 is 23.8 Å². The molecule has 1 fully saturated rings. The number of imidazole rings is 1. The largest absolute Gasteiger partial charge is 0.382 e. The lowest BCUT2D eigenvalue weighted by atomic mass is 9.96. The molecule has 3 rings (SSSR count). The molecule has 0 atom stereocenters. The zero-order valence-corrected chi connectivity index (χ0v) is 18.2. The molecule has 1 aromatic carbocycles. The lowest BCUT2D eigenvalue weighted by molar-refractivity contribution is -0.126. The molecule has 0 radical (unpaired) electrons. The minimum Gasteiger partial charge on any atom is -0.382 e. The Bertz CT molecular complexity index is 871. The van der Waals surface area contributed by atoms with Crippen LogP contribution in [-0.4, -0.2) is 52.8 Å². The fourth-order valence-corrected chi connectivity index (χ4v) is 4.15. The Hall–Kier alpha value is -1.41. The number of benzene rings is 1. The fraction of sp³-hybridized carbons (Fsp3) is 0.600. The highest BCUT2D eigenvalue weighted by Gasteiger charge is 2.25. The van der Waals surface area contributed by atoms with Crippen LogP contribution in [-0.2, 0) is 23.2 Å². The van der Waals surface area contributed by atoms with Gasteiger partial charge in [-0.2, -0.15) is 0 Å². The zero-order valence-electron chi connectivity index (χ0n) is 16.6. The van der Waals surface area contributed by atoms with Gasteiger partial charge in [-0.3, -0.25) is 9.69 Å². The maximum atomic E-state index is 12.4. The summed E-state index contributed by atoms with van der Waals surface area (Å²) in [6.07, 6.45) is 2.60.